The van der Waals surface area contributed by atoms with Crippen LogP contribution in [0.5, 0.6) is 0 Å². The van der Waals surface area contributed by atoms with Crippen LogP contribution in [0.25, 0.3) is 0 Å². The topological polar surface area (TPSA) is 59.5 Å². The Hall–Kier alpha value is -1.70. The summed E-state index contributed by atoms with van der Waals surface area (Å²) in [6, 6.07) is 7.57. The van der Waals surface area contributed by atoms with E-state index in [1.54, 1.807) is 18.3 Å². The Bertz CT molecular complexity index is 860. The molecule has 0 amide bonds. The Labute approximate surface area is 144 Å². The van der Waals surface area contributed by atoms with Gasteiger partial charge in [0.1, 0.15) is 22.6 Å². The standard InChI is InChI=1S/C16H16ClFN2O3S/c1-24(21,22)15-3-2-6-19-16(15)20-7-8-23-14(10-20)11-4-5-13(18)12(17)9-11/h2-6,9,14H,7-8,10H2,1H3. The third kappa shape index (κ3) is 3.53. The molecular weight excluding hydrogens is 355 g/mol. The average Bonchev–Trinajstić information content (AvgIpc) is 2.57. The number of anilines is 1. The van der Waals surface area contributed by atoms with Crippen molar-refractivity contribution in [2.45, 2.75) is 11.0 Å². The van der Waals surface area contributed by atoms with Crippen LogP contribution in [0.2, 0.25) is 5.02 Å². The largest absolute Gasteiger partial charge is 0.370 e. The van der Waals surface area contributed by atoms with Crippen LogP contribution >= 0.6 is 11.6 Å². The van der Waals surface area contributed by atoms with Gasteiger partial charge in [-0.25, -0.2) is 17.8 Å². The quantitative estimate of drug-likeness (QED) is 0.831. The molecule has 1 fully saturated rings. The molecule has 0 N–H and O–H groups in total. The zero-order valence-electron chi connectivity index (χ0n) is 12.9. The number of benzene rings is 1. The predicted molar refractivity (Wildman–Crippen MR) is 89.7 cm³/mol. The monoisotopic (exact) mass is 370 g/mol. The molecular formula is C16H16ClFN2O3S. The zero-order chi connectivity index (χ0) is 17.3. The molecule has 1 aliphatic heterocycles. The van der Waals surface area contributed by atoms with Gasteiger partial charge in [0.2, 0.25) is 0 Å². The van der Waals surface area contributed by atoms with Gasteiger partial charge in [-0.15, -0.1) is 0 Å². The smallest absolute Gasteiger partial charge is 0.179 e. The summed E-state index contributed by atoms with van der Waals surface area (Å²) >= 11 is 5.84. The fraction of sp³-hybridized carbons (Fsp3) is 0.312. The Balaban J connectivity index is 1.90. The molecule has 1 aliphatic rings. The van der Waals surface area contributed by atoms with Gasteiger partial charge in [0.05, 0.1) is 11.6 Å². The normalized spacial score (nSPS) is 18.6. The van der Waals surface area contributed by atoms with Crippen LogP contribution in [0.4, 0.5) is 10.2 Å². The highest BCUT2D eigenvalue weighted by atomic mass is 35.5. The van der Waals surface area contributed by atoms with E-state index in [1.165, 1.54) is 18.2 Å². The first-order valence-corrected chi connectivity index (χ1v) is 9.60. The number of hydrogen-bond acceptors (Lipinski definition) is 5. The third-order valence-electron chi connectivity index (χ3n) is 3.83. The molecule has 1 atom stereocenters. The van der Waals surface area contributed by atoms with E-state index in [9.17, 15) is 12.8 Å². The maximum atomic E-state index is 13.3. The van der Waals surface area contributed by atoms with E-state index >= 15 is 0 Å². The Morgan fingerprint density at radius 3 is 2.88 bits per heavy atom. The number of sulfone groups is 1. The van der Waals surface area contributed by atoms with Gasteiger partial charge < -0.3 is 9.64 Å². The number of ether oxygens (including phenoxy) is 1. The lowest BCUT2D eigenvalue weighted by Gasteiger charge is -2.34. The van der Waals surface area contributed by atoms with Gasteiger partial charge in [-0.2, -0.15) is 0 Å². The molecule has 3 rings (SSSR count). The first kappa shape index (κ1) is 17.1. The molecule has 0 bridgehead atoms. The van der Waals surface area contributed by atoms with Gasteiger partial charge in [0.25, 0.3) is 0 Å². The van der Waals surface area contributed by atoms with Crippen LogP contribution in [0.1, 0.15) is 11.7 Å². The molecule has 0 radical (unpaired) electrons. The van der Waals surface area contributed by atoms with Crippen molar-refractivity contribution in [1.82, 2.24) is 4.98 Å². The molecule has 1 saturated heterocycles. The van der Waals surface area contributed by atoms with Crippen molar-refractivity contribution >= 4 is 27.3 Å². The van der Waals surface area contributed by atoms with Gasteiger partial charge in [0, 0.05) is 25.5 Å². The van der Waals surface area contributed by atoms with E-state index in [2.05, 4.69) is 4.98 Å². The summed E-state index contributed by atoms with van der Waals surface area (Å²) < 4.78 is 43.0. The van der Waals surface area contributed by atoms with Crippen LogP contribution in [-0.2, 0) is 14.6 Å². The first-order valence-electron chi connectivity index (χ1n) is 7.33. The molecule has 128 valence electrons. The minimum absolute atomic E-state index is 0.0304. The van der Waals surface area contributed by atoms with E-state index in [-0.39, 0.29) is 16.0 Å². The minimum atomic E-state index is -3.39. The summed E-state index contributed by atoms with van der Waals surface area (Å²) in [4.78, 5) is 6.28. The number of pyridine rings is 1. The molecule has 5 nitrogen and oxygen atoms in total. The molecule has 1 aromatic carbocycles. The second kappa shape index (κ2) is 6.66. The van der Waals surface area contributed by atoms with Gasteiger partial charge in [0.15, 0.2) is 9.84 Å². The lowest BCUT2D eigenvalue weighted by Crippen LogP contribution is -2.39. The highest BCUT2D eigenvalue weighted by molar-refractivity contribution is 7.90. The van der Waals surface area contributed by atoms with Crippen LogP contribution in [0, 0.1) is 5.82 Å². The minimum Gasteiger partial charge on any atom is -0.370 e. The summed E-state index contributed by atoms with van der Waals surface area (Å²) in [6.07, 6.45) is 2.38. The van der Waals surface area contributed by atoms with Crippen LogP contribution in [0.3, 0.4) is 0 Å². The van der Waals surface area contributed by atoms with Gasteiger partial charge >= 0.3 is 0 Å². The van der Waals surface area contributed by atoms with Crippen molar-refractivity contribution in [3.8, 4) is 0 Å². The van der Waals surface area contributed by atoms with E-state index in [4.69, 9.17) is 16.3 Å². The number of aromatic nitrogens is 1. The second-order valence-electron chi connectivity index (χ2n) is 5.58. The Kier molecular flexibility index (Phi) is 4.76. The average molecular weight is 371 g/mol. The van der Waals surface area contributed by atoms with E-state index in [0.29, 0.717) is 25.5 Å². The lowest BCUT2D eigenvalue weighted by atomic mass is 10.1. The van der Waals surface area contributed by atoms with Crippen molar-refractivity contribution in [1.29, 1.82) is 0 Å². The molecule has 1 aromatic heterocycles. The summed E-state index contributed by atoms with van der Waals surface area (Å²) in [6.45, 7) is 1.33. The molecule has 8 heteroatoms. The number of halogens is 2. The van der Waals surface area contributed by atoms with Crippen LogP contribution < -0.4 is 4.90 Å². The summed E-state index contributed by atoms with van der Waals surface area (Å²) in [5.74, 6) is -0.0846. The van der Waals surface area contributed by atoms with Crippen molar-refractivity contribution in [2.24, 2.45) is 0 Å². The zero-order valence-corrected chi connectivity index (χ0v) is 14.5. The SMILES string of the molecule is CS(=O)(=O)c1cccnc1N1CCOC(c2ccc(F)c(Cl)c2)C1. The number of hydrogen-bond donors (Lipinski definition) is 0. The molecule has 1 unspecified atom stereocenters. The first-order chi connectivity index (χ1) is 11.4. The highest BCUT2D eigenvalue weighted by Gasteiger charge is 2.27. The molecule has 24 heavy (non-hydrogen) atoms. The number of rotatable bonds is 3. The predicted octanol–water partition coefficient (Wildman–Crippen LogP) is 2.86. The van der Waals surface area contributed by atoms with E-state index in [1.807, 2.05) is 4.90 Å². The Morgan fingerprint density at radius 2 is 2.17 bits per heavy atom. The van der Waals surface area contributed by atoms with Crippen molar-refractivity contribution in [2.75, 3.05) is 30.9 Å². The van der Waals surface area contributed by atoms with Crippen LogP contribution in [0.15, 0.2) is 41.4 Å². The lowest BCUT2D eigenvalue weighted by molar-refractivity contribution is 0.0393. The van der Waals surface area contributed by atoms with Crippen molar-refractivity contribution in [3.05, 3.63) is 52.9 Å². The highest BCUT2D eigenvalue weighted by Crippen LogP contribution is 2.30. The Morgan fingerprint density at radius 1 is 1.38 bits per heavy atom. The van der Waals surface area contributed by atoms with Gasteiger partial charge in [-0.05, 0) is 29.8 Å². The molecule has 0 aliphatic carbocycles. The van der Waals surface area contributed by atoms with Crippen molar-refractivity contribution in [3.63, 3.8) is 0 Å². The molecule has 2 aromatic rings. The molecule has 2 heterocycles. The molecule has 0 saturated carbocycles. The fourth-order valence-corrected chi connectivity index (χ4v) is 3.69. The maximum absolute atomic E-state index is 13.3. The second-order valence-corrected chi connectivity index (χ2v) is 7.97. The van der Waals surface area contributed by atoms with Crippen molar-refractivity contribution < 1.29 is 17.5 Å². The van der Waals surface area contributed by atoms with E-state index in [0.717, 1.165) is 11.8 Å². The summed E-state index contributed by atoms with van der Waals surface area (Å²) in [7, 11) is -3.39. The van der Waals surface area contributed by atoms with E-state index < -0.39 is 15.7 Å². The maximum Gasteiger partial charge on any atom is 0.179 e. The number of morpholine rings is 1. The fourth-order valence-electron chi connectivity index (χ4n) is 2.67. The summed E-state index contributed by atoms with van der Waals surface area (Å²) in [5, 5.41) is 0.0304. The van der Waals surface area contributed by atoms with Crippen LogP contribution in [-0.4, -0.2) is 39.4 Å². The van der Waals surface area contributed by atoms with Gasteiger partial charge in [-0.3, -0.25) is 0 Å². The summed E-state index contributed by atoms with van der Waals surface area (Å²) in [5.41, 5.74) is 0.739. The van der Waals surface area contributed by atoms with Gasteiger partial charge in [-0.1, -0.05) is 17.7 Å². The molecule has 0 spiro atoms. The number of nitrogens with zero attached hydrogens (tertiary/aromatic N) is 2. The third-order valence-corrected chi connectivity index (χ3v) is 5.24.